The number of fused-ring (bicyclic) bond motifs is 1. The quantitative estimate of drug-likeness (QED) is 0.469. The van der Waals surface area contributed by atoms with Gasteiger partial charge in [0.25, 0.3) is 0 Å². The zero-order chi connectivity index (χ0) is 12.3. The summed E-state index contributed by atoms with van der Waals surface area (Å²) in [7, 11) is 0. The molecule has 0 aromatic heterocycles. The van der Waals surface area contributed by atoms with E-state index in [1.807, 2.05) is 18.2 Å². The average Bonchev–Trinajstić information content (AvgIpc) is 2.48. The van der Waals surface area contributed by atoms with Crippen LogP contribution in [0.4, 0.5) is 0 Å². The van der Waals surface area contributed by atoms with Gasteiger partial charge in [0.05, 0.1) is 12.3 Å². The van der Waals surface area contributed by atoms with Crippen LogP contribution in [0.5, 0.6) is 5.75 Å². The van der Waals surface area contributed by atoms with Crippen molar-refractivity contribution in [1.82, 2.24) is 0 Å². The number of nitrogens with two attached hydrogens (primary N) is 2. The second kappa shape index (κ2) is 5.18. The number of halogens is 1. The minimum Gasteiger partial charge on any atom is -0.493 e. The van der Waals surface area contributed by atoms with Crippen molar-refractivity contribution < 1.29 is 4.74 Å². The Morgan fingerprint density at radius 1 is 1.35 bits per heavy atom. The molecule has 0 saturated heterocycles. The van der Waals surface area contributed by atoms with E-state index in [2.05, 4.69) is 26.1 Å². The smallest absolute Gasteiger partial charge is 0.211 e. The molecule has 0 fully saturated rings. The fraction of sp³-hybridized carbons (Fsp3) is 0.273. The van der Waals surface area contributed by atoms with Crippen molar-refractivity contribution in [1.29, 1.82) is 0 Å². The van der Waals surface area contributed by atoms with Crippen LogP contribution in [-0.4, -0.2) is 18.3 Å². The number of ether oxygens (including phenoxy) is 1. The second-order valence-corrected chi connectivity index (χ2v) is 4.58. The number of hydrogen-bond acceptors (Lipinski definition) is 3. The molecule has 0 aliphatic carbocycles. The maximum absolute atomic E-state index is 5.63. The van der Waals surface area contributed by atoms with Crippen LogP contribution < -0.4 is 16.2 Å². The molecule has 1 aliphatic rings. The van der Waals surface area contributed by atoms with E-state index in [-0.39, 0.29) is 5.96 Å². The van der Waals surface area contributed by atoms with E-state index >= 15 is 0 Å². The third kappa shape index (κ3) is 2.97. The van der Waals surface area contributed by atoms with Gasteiger partial charge >= 0.3 is 0 Å². The molecule has 17 heavy (non-hydrogen) atoms. The van der Waals surface area contributed by atoms with E-state index in [1.165, 1.54) is 0 Å². The second-order valence-electron chi connectivity index (χ2n) is 3.66. The van der Waals surface area contributed by atoms with Gasteiger partial charge in [0.15, 0.2) is 0 Å². The van der Waals surface area contributed by atoms with Gasteiger partial charge in [-0.25, -0.2) is 0 Å². The van der Waals surface area contributed by atoms with E-state index in [4.69, 9.17) is 16.2 Å². The van der Waals surface area contributed by atoms with Crippen LogP contribution >= 0.6 is 15.9 Å². The minimum absolute atomic E-state index is 0.0424. The Kier molecular flexibility index (Phi) is 3.63. The largest absolute Gasteiger partial charge is 0.493 e. The summed E-state index contributed by atoms with van der Waals surface area (Å²) in [4.78, 5) is 0. The highest BCUT2D eigenvalue weighted by molar-refractivity contribution is 9.10. The standard InChI is InChI=1S/C11H13BrN4O/c12-7-3-4-10-8(6-7)9(2-1-5-17-10)15-16-11(13)14/h3-4,6H,1-2,5H2,(H4,13,14,16). The number of nitrogens with zero attached hydrogens (tertiary/aromatic N) is 2. The third-order valence-electron chi connectivity index (χ3n) is 2.35. The first-order chi connectivity index (χ1) is 8.16. The Morgan fingerprint density at radius 3 is 2.94 bits per heavy atom. The normalized spacial score (nSPS) is 16.9. The van der Waals surface area contributed by atoms with Gasteiger partial charge in [-0.05, 0) is 31.0 Å². The highest BCUT2D eigenvalue weighted by Gasteiger charge is 2.15. The van der Waals surface area contributed by atoms with E-state index < -0.39 is 0 Å². The molecule has 0 atom stereocenters. The van der Waals surface area contributed by atoms with Crippen LogP contribution in [0.15, 0.2) is 32.9 Å². The molecule has 0 bridgehead atoms. The molecular weight excluding hydrogens is 284 g/mol. The van der Waals surface area contributed by atoms with E-state index in [0.29, 0.717) is 6.61 Å². The maximum Gasteiger partial charge on any atom is 0.211 e. The van der Waals surface area contributed by atoms with Gasteiger partial charge in [-0.3, -0.25) is 0 Å². The number of guanidine groups is 1. The van der Waals surface area contributed by atoms with E-state index in [9.17, 15) is 0 Å². The highest BCUT2D eigenvalue weighted by atomic mass is 79.9. The zero-order valence-electron chi connectivity index (χ0n) is 9.19. The first-order valence-electron chi connectivity index (χ1n) is 5.25. The fourth-order valence-electron chi connectivity index (χ4n) is 1.63. The molecule has 2 rings (SSSR count). The van der Waals surface area contributed by atoms with Crippen molar-refractivity contribution in [2.75, 3.05) is 6.61 Å². The van der Waals surface area contributed by atoms with Crippen LogP contribution in [0.3, 0.4) is 0 Å². The van der Waals surface area contributed by atoms with Gasteiger partial charge in [-0.1, -0.05) is 15.9 Å². The lowest BCUT2D eigenvalue weighted by molar-refractivity contribution is 0.318. The zero-order valence-corrected chi connectivity index (χ0v) is 10.8. The molecule has 1 aliphatic heterocycles. The number of hydrogen-bond donors (Lipinski definition) is 2. The van der Waals surface area contributed by atoms with Crippen molar-refractivity contribution in [2.45, 2.75) is 12.8 Å². The molecule has 5 nitrogen and oxygen atoms in total. The molecule has 0 unspecified atom stereocenters. The van der Waals surface area contributed by atoms with Gasteiger partial charge < -0.3 is 16.2 Å². The molecule has 6 heteroatoms. The summed E-state index contributed by atoms with van der Waals surface area (Å²) in [6, 6.07) is 5.81. The molecular formula is C11H13BrN4O. The van der Waals surface area contributed by atoms with Crippen LogP contribution in [0, 0.1) is 0 Å². The van der Waals surface area contributed by atoms with Crippen molar-refractivity contribution in [3.05, 3.63) is 28.2 Å². The van der Waals surface area contributed by atoms with E-state index in [1.54, 1.807) is 0 Å². The molecule has 4 N–H and O–H groups in total. The summed E-state index contributed by atoms with van der Waals surface area (Å²) in [6.07, 6.45) is 1.69. The van der Waals surface area contributed by atoms with Crippen molar-refractivity contribution >= 4 is 27.6 Å². The lowest BCUT2D eigenvalue weighted by Crippen LogP contribution is -2.22. The van der Waals surface area contributed by atoms with Gasteiger partial charge in [-0.15, -0.1) is 5.10 Å². The Morgan fingerprint density at radius 2 is 2.18 bits per heavy atom. The number of rotatable bonds is 1. The molecule has 0 spiro atoms. The summed E-state index contributed by atoms with van der Waals surface area (Å²) in [5, 5.41) is 7.79. The summed E-state index contributed by atoms with van der Waals surface area (Å²) < 4.78 is 6.60. The predicted molar refractivity (Wildman–Crippen MR) is 71.2 cm³/mol. The Balaban J connectivity index is 2.45. The minimum atomic E-state index is -0.0424. The highest BCUT2D eigenvalue weighted by Crippen LogP contribution is 2.27. The predicted octanol–water partition coefficient (Wildman–Crippen LogP) is 1.60. The monoisotopic (exact) mass is 296 g/mol. The topological polar surface area (TPSA) is 86.0 Å². The van der Waals surface area contributed by atoms with Crippen LogP contribution in [0.25, 0.3) is 0 Å². The molecule has 90 valence electrons. The summed E-state index contributed by atoms with van der Waals surface area (Å²) in [5.74, 6) is 0.773. The van der Waals surface area contributed by atoms with Gasteiger partial charge in [-0.2, -0.15) is 5.10 Å². The molecule has 1 aromatic rings. The Bertz CT molecular complexity index is 480. The summed E-state index contributed by atoms with van der Waals surface area (Å²) in [6.45, 7) is 0.676. The number of benzene rings is 1. The Hall–Kier alpha value is -1.56. The summed E-state index contributed by atoms with van der Waals surface area (Å²) in [5.41, 5.74) is 12.3. The van der Waals surface area contributed by atoms with Crippen LogP contribution in [-0.2, 0) is 0 Å². The molecule has 0 amide bonds. The SMILES string of the molecule is NC(N)=NN=C1CCCOc2ccc(Br)cc21. The van der Waals surface area contributed by atoms with Crippen LogP contribution in [0.1, 0.15) is 18.4 Å². The lowest BCUT2D eigenvalue weighted by atomic mass is 10.1. The van der Waals surface area contributed by atoms with Crippen LogP contribution in [0.2, 0.25) is 0 Å². The van der Waals surface area contributed by atoms with Crippen molar-refractivity contribution in [2.24, 2.45) is 21.7 Å². The van der Waals surface area contributed by atoms with Gasteiger partial charge in [0.1, 0.15) is 5.75 Å². The van der Waals surface area contributed by atoms with Gasteiger partial charge in [0.2, 0.25) is 5.96 Å². The molecule has 0 saturated carbocycles. The fourth-order valence-corrected chi connectivity index (χ4v) is 1.99. The molecule has 1 heterocycles. The first-order valence-corrected chi connectivity index (χ1v) is 6.04. The average molecular weight is 297 g/mol. The summed E-state index contributed by atoms with van der Waals surface area (Å²) >= 11 is 3.43. The lowest BCUT2D eigenvalue weighted by Gasteiger charge is -2.07. The third-order valence-corrected chi connectivity index (χ3v) is 2.85. The molecule has 1 aromatic carbocycles. The Labute approximate surface area is 108 Å². The first kappa shape index (κ1) is 11.9. The van der Waals surface area contributed by atoms with Crippen molar-refractivity contribution in [3.8, 4) is 5.75 Å². The molecule has 0 radical (unpaired) electrons. The van der Waals surface area contributed by atoms with E-state index in [0.717, 1.165) is 34.3 Å². The van der Waals surface area contributed by atoms with Crippen molar-refractivity contribution in [3.63, 3.8) is 0 Å². The van der Waals surface area contributed by atoms with Gasteiger partial charge in [0, 0.05) is 10.0 Å². The maximum atomic E-state index is 5.63.